The second-order valence-corrected chi connectivity index (χ2v) is 9.21. The second kappa shape index (κ2) is 10.1. The Kier molecular flexibility index (Phi) is 7.25. The van der Waals surface area contributed by atoms with E-state index in [1.165, 1.54) is 19.3 Å². The van der Waals surface area contributed by atoms with Crippen molar-refractivity contribution in [3.8, 4) is 0 Å². The van der Waals surface area contributed by atoms with E-state index in [9.17, 15) is 4.79 Å². The van der Waals surface area contributed by atoms with Crippen LogP contribution in [0.15, 0.2) is 4.52 Å². The molecule has 1 N–H and O–H groups in total. The van der Waals surface area contributed by atoms with Crippen LogP contribution in [0, 0.1) is 5.92 Å². The van der Waals surface area contributed by atoms with Crippen molar-refractivity contribution in [1.82, 2.24) is 20.4 Å². The molecule has 3 heterocycles. The van der Waals surface area contributed by atoms with Gasteiger partial charge >= 0.3 is 6.03 Å². The topological polar surface area (TPSA) is 89.7 Å². The van der Waals surface area contributed by atoms with Crippen LogP contribution in [0.2, 0.25) is 0 Å². The fraction of sp³-hybridized carbons (Fsp3) is 0.864. The van der Waals surface area contributed by atoms with Gasteiger partial charge in [0.2, 0.25) is 5.89 Å². The maximum Gasteiger partial charge on any atom is 0.317 e. The Morgan fingerprint density at radius 3 is 2.80 bits per heavy atom. The smallest absolute Gasteiger partial charge is 0.317 e. The van der Waals surface area contributed by atoms with Gasteiger partial charge in [-0.2, -0.15) is 4.98 Å². The zero-order valence-electron chi connectivity index (χ0n) is 18.2. The molecule has 1 aliphatic carbocycles. The summed E-state index contributed by atoms with van der Waals surface area (Å²) < 4.78 is 16.8. The summed E-state index contributed by atoms with van der Waals surface area (Å²) in [5.74, 6) is 1.91. The van der Waals surface area contributed by atoms with Gasteiger partial charge in [0, 0.05) is 45.7 Å². The molecule has 2 aliphatic heterocycles. The van der Waals surface area contributed by atoms with Crippen LogP contribution in [0.1, 0.15) is 69.5 Å². The lowest BCUT2D eigenvalue weighted by molar-refractivity contribution is -0.123. The minimum Gasteiger partial charge on any atom is -0.384 e. The molecule has 3 aliphatic rings. The lowest BCUT2D eigenvalue weighted by Crippen LogP contribution is -2.54. The van der Waals surface area contributed by atoms with Gasteiger partial charge in [-0.1, -0.05) is 24.4 Å². The minimum absolute atomic E-state index is 0.108. The lowest BCUT2D eigenvalue weighted by Gasteiger charge is -2.46. The molecular formula is C22H36N4O4. The van der Waals surface area contributed by atoms with Crippen molar-refractivity contribution in [2.24, 2.45) is 5.92 Å². The number of rotatable bonds is 6. The molecule has 30 heavy (non-hydrogen) atoms. The van der Waals surface area contributed by atoms with Gasteiger partial charge in [0.15, 0.2) is 5.82 Å². The summed E-state index contributed by atoms with van der Waals surface area (Å²) >= 11 is 0. The van der Waals surface area contributed by atoms with Crippen molar-refractivity contribution in [3.63, 3.8) is 0 Å². The summed E-state index contributed by atoms with van der Waals surface area (Å²) in [4.78, 5) is 19.1. The molecule has 1 unspecified atom stereocenters. The van der Waals surface area contributed by atoms with Crippen molar-refractivity contribution < 1.29 is 18.8 Å². The number of carbonyl (C=O) groups excluding carboxylic acids is 1. The van der Waals surface area contributed by atoms with Gasteiger partial charge in [0.25, 0.3) is 0 Å². The number of likely N-dealkylation sites (tertiary alicyclic amines) is 1. The van der Waals surface area contributed by atoms with Crippen LogP contribution in [0.25, 0.3) is 0 Å². The Hall–Kier alpha value is -1.67. The van der Waals surface area contributed by atoms with Crippen LogP contribution >= 0.6 is 0 Å². The van der Waals surface area contributed by atoms with Gasteiger partial charge < -0.3 is 24.2 Å². The monoisotopic (exact) mass is 420 g/mol. The number of hydrogen-bond donors (Lipinski definition) is 1. The molecule has 1 aromatic rings. The summed E-state index contributed by atoms with van der Waals surface area (Å²) in [6.45, 7) is 2.91. The number of methoxy groups -OCH3 is 1. The molecule has 4 rings (SSSR count). The SMILES string of the molecule is COCCc1noc(CC2CCOC3(CCN(C(=O)NC4CCCCC4)CC3)C2)n1. The summed E-state index contributed by atoms with van der Waals surface area (Å²) in [5, 5.41) is 7.30. The highest BCUT2D eigenvalue weighted by Crippen LogP contribution is 2.38. The number of ether oxygens (including phenoxy) is 2. The van der Waals surface area contributed by atoms with E-state index in [-0.39, 0.29) is 11.6 Å². The summed E-state index contributed by atoms with van der Waals surface area (Å²) in [5.41, 5.74) is -0.108. The van der Waals surface area contributed by atoms with E-state index >= 15 is 0 Å². The Balaban J connectivity index is 1.25. The molecule has 3 fully saturated rings. The van der Waals surface area contributed by atoms with Crippen LogP contribution in [-0.4, -0.2) is 66.1 Å². The van der Waals surface area contributed by atoms with Gasteiger partial charge in [-0.3, -0.25) is 0 Å². The third-order valence-corrected chi connectivity index (χ3v) is 6.99. The number of nitrogens with one attached hydrogen (secondary N) is 1. The van der Waals surface area contributed by atoms with Crippen LogP contribution in [0.4, 0.5) is 4.79 Å². The Labute approximate surface area is 179 Å². The first-order valence-corrected chi connectivity index (χ1v) is 11.7. The van der Waals surface area contributed by atoms with E-state index in [0.29, 0.717) is 36.7 Å². The Morgan fingerprint density at radius 2 is 2.03 bits per heavy atom. The van der Waals surface area contributed by atoms with Gasteiger partial charge in [-0.05, 0) is 44.4 Å². The average Bonchev–Trinajstić information content (AvgIpc) is 3.21. The van der Waals surface area contributed by atoms with Crippen molar-refractivity contribution >= 4 is 6.03 Å². The fourth-order valence-electron chi connectivity index (χ4n) is 5.20. The number of urea groups is 1. The number of aromatic nitrogens is 2. The predicted molar refractivity (Wildman–Crippen MR) is 111 cm³/mol. The maximum atomic E-state index is 12.7. The van der Waals surface area contributed by atoms with Crippen LogP contribution in [0.3, 0.4) is 0 Å². The van der Waals surface area contributed by atoms with Gasteiger partial charge in [0.1, 0.15) is 0 Å². The highest BCUT2D eigenvalue weighted by molar-refractivity contribution is 5.74. The third kappa shape index (κ3) is 5.52. The molecule has 0 radical (unpaired) electrons. The molecular weight excluding hydrogens is 384 g/mol. The molecule has 8 heteroatoms. The molecule has 0 bridgehead atoms. The number of hydrogen-bond acceptors (Lipinski definition) is 6. The first kappa shape index (κ1) is 21.6. The van der Waals surface area contributed by atoms with Gasteiger partial charge in [-0.15, -0.1) is 0 Å². The molecule has 1 atom stereocenters. The maximum absolute atomic E-state index is 12.7. The van der Waals surface area contributed by atoms with E-state index in [1.54, 1.807) is 7.11 Å². The number of amides is 2. The van der Waals surface area contributed by atoms with Crippen LogP contribution in [0.5, 0.6) is 0 Å². The molecule has 8 nitrogen and oxygen atoms in total. The van der Waals surface area contributed by atoms with Gasteiger partial charge in [0.05, 0.1) is 12.2 Å². The van der Waals surface area contributed by atoms with Crippen molar-refractivity contribution in [3.05, 3.63) is 11.7 Å². The largest absolute Gasteiger partial charge is 0.384 e. The number of nitrogens with zero attached hydrogens (tertiary/aromatic N) is 3. The predicted octanol–water partition coefficient (Wildman–Crippen LogP) is 3.10. The summed E-state index contributed by atoms with van der Waals surface area (Å²) in [7, 11) is 1.67. The first-order valence-electron chi connectivity index (χ1n) is 11.7. The lowest BCUT2D eigenvalue weighted by atomic mass is 9.78. The van der Waals surface area contributed by atoms with Crippen molar-refractivity contribution in [2.45, 2.75) is 82.3 Å². The zero-order chi connectivity index (χ0) is 20.8. The van der Waals surface area contributed by atoms with Crippen molar-refractivity contribution in [2.75, 3.05) is 33.4 Å². The number of piperidine rings is 1. The number of carbonyl (C=O) groups is 1. The van der Waals surface area contributed by atoms with E-state index < -0.39 is 0 Å². The minimum atomic E-state index is -0.108. The van der Waals surface area contributed by atoms with Crippen molar-refractivity contribution in [1.29, 1.82) is 0 Å². The molecule has 0 aromatic carbocycles. The molecule has 168 valence electrons. The zero-order valence-corrected chi connectivity index (χ0v) is 18.2. The quantitative estimate of drug-likeness (QED) is 0.761. The second-order valence-electron chi connectivity index (χ2n) is 9.21. The van der Waals surface area contributed by atoms with Crippen LogP contribution in [-0.2, 0) is 22.3 Å². The molecule has 2 amide bonds. The molecule has 1 spiro atoms. The normalized spacial score (nSPS) is 24.8. The van der Waals surface area contributed by atoms with Crippen LogP contribution < -0.4 is 5.32 Å². The fourth-order valence-corrected chi connectivity index (χ4v) is 5.20. The average molecular weight is 421 g/mol. The summed E-state index contributed by atoms with van der Waals surface area (Å²) in [6.07, 6.45) is 11.3. The van der Waals surface area contributed by atoms with E-state index in [0.717, 1.165) is 64.6 Å². The third-order valence-electron chi connectivity index (χ3n) is 6.99. The first-order chi connectivity index (χ1) is 14.7. The standard InChI is InChI=1S/C22H36N4O4/c1-28-13-8-19-24-20(30-25-19)15-17-7-14-29-22(16-17)9-11-26(12-10-22)21(27)23-18-5-3-2-4-6-18/h17-18H,2-16H2,1H3,(H,23,27). The highest BCUT2D eigenvalue weighted by atomic mass is 16.5. The van der Waals surface area contributed by atoms with E-state index in [2.05, 4.69) is 15.5 Å². The Bertz CT molecular complexity index is 680. The molecule has 1 aromatic heterocycles. The highest BCUT2D eigenvalue weighted by Gasteiger charge is 2.41. The van der Waals surface area contributed by atoms with E-state index in [1.807, 2.05) is 4.90 Å². The molecule has 1 saturated carbocycles. The summed E-state index contributed by atoms with van der Waals surface area (Å²) in [6, 6.07) is 0.471. The van der Waals surface area contributed by atoms with E-state index in [4.69, 9.17) is 14.0 Å². The van der Waals surface area contributed by atoms with Gasteiger partial charge in [-0.25, -0.2) is 4.79 Å². The molecule has 2 saturated heterocycles. The Morgan fingerprint density at radius 1 is 1.23 bits per heavy atom.